The molecule has 0 spiro atoms. The van der Waals surface area contributed by atoms with E-state index in [0.717, 1.165) is 18.4 Å². The van der Waals surface area contributed by atoms with Crippen LogP contribution in [0, 0.1) is 0 Å². The van der Waals surface area contributed by atoms with Crippen LogP contribution in [-0.4, -0.2) is 12.7 Å². The van der Waals surface area contributed by atoms with Crippen molar-refractivity contribution in [3.05, 3.63) is 33.8 Å². The minimum atomic E-state index is -0.749. The van der Waals surface area contributed by atoms with Crippen LogP contribution in [-0.2, 0) is 15.3 Å². The van der Waals surface area contributed by atoms with Gasteiger partial charge in [-0.15, -0.1) is 0 Å². The Balaban J connectivity index is 2.21. The lowest BCUT2D eigenvalue weighted by atomic mass is 10.1. The van der Waals surface area contributed by atoms with Gasteiger partial charge in [-0.25, -0.2) is 0 Å². The maximum Gasteiger partial charge on any atom is 0.193 e. The number of benzene rings is 1. The van der Waals surface area contributed by atoms with Crippen molar-refractivity contribution >= 4 is 23.2 Å². The molecule has 0 unspecified atom stereocenters. The van der Waals surface area contributed by atoms with Gasteiger partial charge >= 0.3 is 0 Å². The molecule has 0 aromatic heterocycles. The third-order valence-electron chi connectivity index (χ3n) is 2.97. The van der Waals surface area contributed by atoms with Crippen molar-refractivity contribution in [3.8, 4) is 0 Å². The fourth-order valence-electron chi connectivity index (χ4n) is 2.10. The highest BCUT2D eigenvalue weighted by Crippen LogP contribution is 2.39. The first-order valence-electron chi connectivity index (χ1n) is 5.82. The van der Waals surface area contributed by atoms with Crippen LogP contribution < -0.4 is 0 Å². The van der Waals surface area contributed by atoms with Crippen molar-refractivity contribution < 1.29 is 9.47 Å². The molecule has 0 N–H and O–H groups in total. The molecule has 2 rings (SSSR count). The Hall–Kier alpha value is -0.280. The Bertz CT molecular complexity index is 408. The number of rotatable bonds is 3. The minimum absolute atomic E-state index is 0.150. The monoisotopic (exact) mass is 274 g/mol. The quantitative estimate of drug-likeness (QED) is 0.814. The molecule has 0 radical (unpaired) electrons. The van der Waals surface area contributed by atoms with Gasteiger partial charge in [-0.2, -0.15) is 0 Å². The first-order chi connectivity index (χ1) is 8.05. The zero-order valence-electron chi connectivity index (χ0n) is 10.0. The lowest BCUT2D eigenvalue weighted by molar-refractivity contribution is -0.162. The van der Waals surface area contributed by atoms with Gasteiger partial charge in [0.15, 0.2) is 5.79 Å². The topological polar surface area (TPSA) is 18.5 Å². The summed E-state index contributed by atoms with van der Waals surface area (Å²) in [7, 11) is 0. The predicted octanol–water partition coefficient (Wildman–Crippen LogP) is 4.38. The molecule has 1 heterocycles. The van der Waals surface area contributed by atoms with Crippen LogP contribution in [0.1, 0.15) is 32.3 Å². The summed E-state index contributed by atoms with van der Waals surface area (Å²) in [5.74, 6) is -0.749. The Kier molecular flexibility index (Phi) is 3.99. The molecule has 1 aromatic carbocycles. The van der Waals surface area contributed by atoms with Gasteiger partial charge < -0.3 is 9.47 Å². The molecule has 1 saturated heterocycles. The standard InChI is InChI=1S/C13H16Cl2O2/c1-3-4-10-8-16-13(2,17-10)11-6-5-9(14)7-12(11)15/h5-7,10H,3-4,8H2,1-2H3/t10-,13+/m1/s1. The highest BCUT2D eigenvalue weighted by molar-refractivity contribution is 6.35. The molecule has 1 fully saturated rings. The lowest BCUT2D eigenvalue weighted by Gasteiger charge is -2.25. The van der Waals surface area contributed by atoms with Gasteiger partial charge in [0.1, 0.15) is 0 Å². The molecule has 0 bridgehead atoms. The van der Waals surface area contributed by atoms with Crippen molar-refractivity contribution in [2.75, 3.05) is 6.61 Å². The Morgan fingerprint density at radius 3 is 2.82 bits per heavy atom. The van der Waals surface area contributed by atoms with E-state index in [0.29, 0.717) is 16.7 Å². The first kappa shape index (κ1) is 13.2. The Morgan fingerprint density at radius 1 is 1.41 bits per heavy atom. The van der Waals surface area contributed by atoms with Crippen molar-refractivity contribution in [2.45, 2.75) is 38.6 Å². The van der Waals surface area contributed by atoms with E-state index in [9.17, 15) is 0 Å². The summed E-state index contributed by atoms with van der Waals surface area (Å²) in [5.41, 5.74) is 0.835. The summed E-state index contributed by atoms with van der Waals surface area (Å²) in [5, 5.41) is 1.20. The maximum atomic E-state index is 6.18. The molecular formula is C13H16Cl2O2. The minimum Gasteiger partial charge on any atom is -0.343 e. The average molecular weight is 275 g/mol. The van der Waals surface area contributed by atoms with Gasteiger partial charge in [0.05, 0.1) is 17.7 Å². The molecule has 1 aliphatic heterocycles. The SMILES string of the molecule is CCC[C@@H]1CO[C@](C)(c2ccc(Cl)cc2Cl)O1. The highest BCUT2D eigenvalue weighted by Gasteiger charge is 2.39. The number of hydrogen-bond acceptors (Lipinski definition) is 2. The third kappa shape index (κ3) is 2.76. The van der Waals surface area contributed by atoms with Gasteiger partial charge in [0, 0.05) is 10.6 Å². The highest BCUT2D eigenvalue weighted by atomic mass is 35.5. The first-order valence-corrected chi connectivity index (χ1v) is 6.58. The van der Waals surface area contributed by atoms with E-state index in [4.69, 9.17) is 32.7 Å². The fourth-order valence-corrected chi connectivity index (χ4v) is 2.68. The van der Waals surface area contributed by atoms with E-state index < -0.39 is 5.79 Å². The van der Waals surface area contributed by atoms with E-state index in [2.05, 4.69) is 6.92 Å². The zero-order valence-corrected chi connectivity index (χ0v) is 11.5. The molecule has 4 heteroatoms. The molecule has 2 atom stereocenters. The summed E-state index contributed by atoms with van der Waals surface area (Å²) in [4.78, 5) is 0. The van der Waals surface area contributed by atoms with Crippen LogP contribution >= 0.6 is 23.2 Å². The van der Waals surface area contributed by atoms with Crippen molar-refractivity contribution in [2.24, 2.45) is 0 Å². The summed E-state index contributed by atoms with van der Waals surface area (Å²) in [6, 6.07) is 5.37. The van der Waals surface area contributed by atoms with Crippen molar-refractivity contribution in [1.29, 1.82) is 0 Å². The zero-order chi connectivity index (χ0) is 12.5. The van der Waals surface area contributed by atoms with Crippen LogP contribution in [0.5, 0.6) is 0 Å². The van der Waals surface area contributed by atoms with Crippen LogP contribution in [0.4, 0.5) is 0 Å². The number of hydrogen-bond donors (Lipinski definition) is 0. The molecule has 0 aliphatic carbocycles. The van der Waals surface area contributed by atoms with E-state index in [-0.39, 0.29) is 6.10 Å². The number of halogens is 2. The number of ether oxygens (including phenoxy) is 2. The van der Waals surface area contributed by atoms with Gasteiger partial charge in [0.2, 0.25) is 0 Å². The normalized spacial score (nSPS) is 28.6. The Labute approximate surface area is 112 Å². The van der Waals surface area contributed by atoms with Gasteiger partial charge in [0.25, 0.3) is 0 Å². The largest absolute Gasteiger partial charge is 0.343 e. The maximum absolute atomic E-state index is 6.18. The van der Waals surface area contributed by atoms with Crippen LogP contribution in [0.15, 0.2) is 18.2 Å². The predicted molar refractivity (Wildman–Crippen MR) is 69.5 cm³/mol. The summed E-state index contributed by atoms with van der Waals surface area (Å²) in [6.45, 7) is 4.65. The molecule has 0 amide bonds. The molecule has 17 heavy (non-hydrogen) atoms. The average Bonchev–Trinajstić information content (AvgIpc) is 2.61. The lowest BCUT2D eigenvalue weighted by Crippen LogP contribution is -2.24. The Morgan fingerprint density at radius 2 is 2.18 bits per heavy atom. The molecular weight excluding hydrogens is 259 g/mol. The summed E-state index contributed by atoms with van der Waals surface area (Å²) in [6.07, 6.45) is 2.23. The van der Waals surface area contributed by atoms with Gasteiger partial charge in [-0.05, 0) is 25.5 Å². The summed E-state index contributed by atoms with van der Waals surface area (Å²) < 4.78 is 11.7. The van der Waals surface area contributed by atoms with Crippen LogP contribution in [0.25, 0.3) is 0 Å². The summed E-state index contributed by atoms with van der Waals surface area (Å²) >= 11 is 12.1. The second kappa shape index (κ2) is 5.15. The molecule has 1 aliphatic rings. The molecule has 1 aromatic rings. The second-order valence-corrected chi connectivity index (χ2v) is 5.25. The van der Waals surface area contributed by atoms with Crippen molar-refractivity contribution in [1.82, 2.24) is 0 Å². The van der Waals surface area contributed by atoms with E-state index >= 15 is 0 Å². The van der Waals surface area contributed by atoms with Gasteiger partial charge in [-0.1, -0.05) is 42.6 Å². The second-order valence-electron chi connectivity index (χ2n) is 4.41. The van der Waals surface area contributed by atoms with E-state index in [1.54, 1.807) is 12.1 Å². The smallest absolute Gasteiger partial charge is 0.193 e. The van der Waals surface area contributed by atoms with E-state index in [1.807, 2.05) is 13.0 Å². The third-order valence-corrected chi connectivity index (χ3v) is 3.52. The van der Waals surface area contributed by atoms with Crippen LogP contribution in [0.2, 0.25) is 10.0 Å². The molecule has 2 nitrogen and oxygen atoms in total. The molecule has 0 saturated carbocycles. The molecule has 94 valence electrons. The van der Waals surface area contributed by atoms with Crippen LogP contribution in [0.3, 0.4) is 0 Å². The van der Waals surface area contributed by atoms with Gasteiger partial charge in [-0.3, -0.25) is 0 Å². The fraction of sp³-hybridized carbons (Fsp3) is 0.538. The van der Waals surface area contributed by atoms with E-state index in [1.165, 1.54) is 0 Å². The van der Waals surface area contributed by atoms with Crippen molar-refractivity contribution in [3.63, 3.8) is 0 Å².